The van der Waals surface area contributed by atoms with E-state index in [4.69, 9.17) is 11.5 Å². The number of aromatic nitrogens is 2. The number of aryl methyl sites for hydroxylation is 2. The Labute approximate surface area is 122 Å². The highest BCUT2D eigenvalue weighted by molar-refractivity contribution is 5.96. The fraction of sp³-hybridized carbons (Fsp3) is 0.125. The van der Waals surface area contributed by atoms with Crippen LogP contribution in [0.25, 0.3) is 11.0 Å². The van der Waals surface area contributed by atoms with E-state index in [-0.39, 0.29) is 0 Å². The van der Waals surface area contributed by atoms with Gasteiger partial charge >= 0.3 is 0 Å². The van der Waals surface area contributed by atoms with Gasteiger partial charge in [-0.15, -0.1) is 0 Å². The maximum absolute atomic E-state index is 11.2. The maximum Gasteiger partial charge on any atom is 0.248 e. The molecule has 0 bridgehead atoms. The number of benzene rings is 2. The summed E-state index contributed by atoms with van der Waals surface area (Å²) in [6, 6.07) is 15.4. The molecule has 0 aliphatic heterocycles. The summed E-state index contributed by atoms with van der Waals surface area (Å²) >= 11 is 0. The van der Waals surface area contributed by atoms with Crippen LogP contribution >= 0.6 is 0 Å². The molecule has 106 valence electrons. The third kappa shape index (κ3) is 2.58. The number of carbonyl (C=O) groups is 1. The molecule has 3 rings (SSSR count). The third-order valence-electron chi connectivity index (χ3n) is 3.53. The van der Waals surface area contributed by atoms with Gasteiger partial charge in [0.1, 0.15) is 0 Å². The Kier molecular flexibility index (Phi) is 3.31. The number of anilines is 1. The van der Waals surface area contributed by atoms with Crippen molar-refractivity contribution in [3.05, 3.63) is 59.7 Å². The van der Waals surface area contributed by atoms with Crippen LogP contribution in [-0.2, 0) is 13.0 Å². The highest BCUT2D eigenvalue weighted by Gasteiger charge is 2.10. The molecule has 0 aliphatic carbocycles. The van der Waals surface area contributed by atoms with Crippen molar-refractivity contribution in [1.29, 1.82) is 0 Å². The molecule has 0 radical (unpaired) electrons. The normalized spacial score (nSPS) is 10.9. The number of nitrogens with two attached hydrogens (primary N) is 2. The third-order valence-corrected chi connectivity index (χ3v) is 3.53. The number of hydrogen-bond acceptors (Lipinski definition) is 3. The number of primary amides is 1. The summed E-state index contributed by atoms with van der Waals surface area (Å²) in [6.07, 6.45) is 0.869. The quantitative estimate of drug-likeness (QED) is 0.765. The second-order valence-corrected chi connectivity index (χ2v) is 4.92. The van der Waals surface area contributed by atoms with Gasteiger partial charge < -0.3 is 16.0 Å². The molecule has 0 aliphatic rings. The topological polar surface area (TPSA) is 86.9 Å². The Morgan fingerprint density at radius 1 is 1.14 bits per heavy atom. The molecule has 1 amide bonds. The number of nitrogen functional groups attached to an aromatic ring is 1. The predicted octanol–water partition coefficient (Wildman–Crippen LogP) is 1.96. The minimum Gasteiger partial charge on any atom is -0.369 e. The highest BCUT2D eigenvalue weighted by atomic mass is 16.1. The van der Waals surface area contributed by atoms with Crippen LogP contribution in [-0.4, -0.2) is 15.5 Å². The molecule has 21 heavy (non-hydrogen) atoms. The maximum atomic E-state index is 11.2. The molecule has 0 atom stereocenters. The van der Waals surface area contributed by atoms with Crippen LogP contribution in [0.4, 0.5) is 5.95 Å². The molecule has 2 aromatic carbocycles. The standard InChI is InChI=1S/C16H16N4O/c17-15(21)12-6-7-14-13(10-12)19-16(18)20(14)9-8-11-4-2-1-3-5-11/h1-7,10H,8-9H2,(H2,17,21)(H2,18,19). The lowest BCUT2D eigenvalue weighted by Crippen LogP contribution is -2.10. The van der Waals surface area contributed by atoms with Crippen molar-refractivity contribution in [3.8, 4) is 0 Å². The van der Waals surface area contributed by atoms with Crippen molar-refractivity contribution in [2.24, 2.45) is 5.73 Å². The average molecular weight is 280 g/mol. The SMILES string of the molecule is NC(=O)c1ccc2c(c1)nc(N)n2CCc1ccccc1. The molecule has 0 spiro atoms. The summed E-state index contributed by atoms with van der Waals surface area (Å²) in [5, 5.41) is 0. The van der Waals surface area contributed by atoms with Gasteiger partial charge in [-0.1, -0.05) is 30.3 Å². The second-order valence-electron chi connectivity index (χ2n) is 4.92. The number of carbonyl (C=O) groups excluding carboxylic acids is 1. The Morgan fingerprint density at radius 3 is 2.62 bits per heavy atom. The lowest BCUT2D eigenvalue weighted by Gasteiger charge is -2.06. The molecule has 5 heteroatoms. The Balaban J connectivity index is 1.91. The van der Waals surface area contributed by atoms with Crippen molar-refractivity contribution in [3.63, 3.8) is 0 Å². The van der Waals surface area contributed by atoms with Crippen LogP contribution in [0.5, 0.6) is 0 Å². The zero-order valence-corrected chi connectivity index (χ0v) is 11.5. The van der Waals surface area contributed by atoms with Gasteiger partial charge in [0.2, 0.25) is 11.9 Å². The van der Waals surface area contributed by atoms with Gasteiger partial charge in [-0.3, -0.25) is 4.79 Å². The zero-order valence-electron chi connectivity index (χ0n) is 11.5. The molecule has 0 saturated heterocycles. The molecule has 1 aromatic heterocycles. The number of fused-ring (bicyclic) bond motifs is 1. The summed E-state index contributed by atoms with van der Waals surface area (Å²) in [5.41, 5.74) is 14.5. The molecule has 0 unspecified atom stereocenters. The predicted molar refractivity (Wildman–Crippen MR) is 82.8 cm³/mol. The van der Waals surface area contributed by atoms with E-state index in [9.17, 15) is 4.79 Å². The minimum atomic E-state index is -0.464. The van der Waals surface area contributed by atoms with Gasteiger partial charge in [-0.2, -0.15) is 0 Å². The van der Waals surface area contributed by atoms with Crippen LogP contribution in [0.1, 0.15) is 15.9 Å². The monoisotopic (exact) mass is 280 g/mol. The fourth-order valence-electron chi connectivity index (χ4n) is 2.42. The lowest BCUT2D eigenvalue weighted by atomic mass is 10.1. The van der Waals surface area contributed by atoms with Crippen molar-refractivity contribution >= 4 is 22.9 Å². The smallest absolute Gasteiger partial charge is 0.248 e. The largest absolute Gasteiger partial charge is 0.369 e. The van der Waals surface area contributed by atoms with Gasteiger partial charge in [0.05, 0.1) is 11.0 Å². The van der Waals surface area contributed by atoms with E-state index < -0.39 is 5.91 Å². The lowest BCUT2D eigenvalue weighted by molar-refractivity contribution is 0.100. The molecule has 0 saturated carbocycles. The van der Waals surface area contributed by atoms with E-state index in [0.717, 1.165) is 18.5 Å². The first-order valence-electron chi connectivity index (χ1n) is 6.74. The van der Waals surface area contributed by atoms with Crippen LogP contribution in [0.15, 0.2) is 48.5 Å². The highest BCUT2D eigenvalue weighted by Crippen LogP contribution is 2.20. The Hall–Kier alpha value is -2.82. The molecule has 0 fully saturated rings. The fourth-order valence-corrected chi connectivity index (χ4v) is 2.42. The first-order chi connectivity index (χ1) is 10.1. The van der Waals surface area contributed by atoms with Gasteiger partial charge in [-0.25, -0.2) is 4.98 Å². The molecule has 4 N–H and O–H groups in total. The van der Waals surface area contributed by atoms with Crippen LogP contribution in [0, 0.1) is 0 Å². The zero-order chi connectivity index (χ0) is 14.8. The molecule has 1 heterocycles. The number of imidazole rings is 1. The van der Waals surface area contributed by atoms with E-state index >= 15 is 0 Å². The summed E-state index contributed by atoms with van der Waals surface area (Å²) in [5.74, 6) is -0.0168. The van der Waals surface area contributed by atoms with E-state index in [1.54, 1.807) is 12.1 Å². The van der Waals surface area contributed by atoms with Gasteiger partial charge in [0, 0.05) is 12.1 Å². The number of nitrogens with zero attached hydrogens (tertiary/aromatic N) is 2. The van der Waals surface area contributed by atoms with E-state index in [0.29, 0.717) is 17.0 Å². The Morgan fingerprint density at radius 2 is 1.90 bits per heavy atom. The summed E-state index contributed by atoms with van der Waals surface area (Å²) in [4.78, 5) is 15.5. The first-order valence-corrected chi connectivity index (χ1v) is 6.74. The van der Waals surface area contributed by atoms with Crippen molar-refractivity contribution in [2.45, 2.75) is 13.0 Å². The summed E-state index contributed by atoms with van der Waals surface area (Å²) < 4.78 is 1.95. The molecular weight excluding hydrogens is 264 g/mol. The van der Waals surface area contributed by atoms with Crippen molar-refractivity contribution < 1.29 is 4.79 Å². The van der Waals surface area contributed by atoms with Crippen molar-refractivity contribution in [1.82, 2.24) is 9.55 Å². The number of amides is 1. The van der Waals surface area contributed by atoms with E-state index in [1.165, 1.54) is 5.56 Å². The van der Waals surface area contributed by atoms with Gasteiger partial charge in [0.25, 0.3) is 0 Å². The van der Waals surface area contributed by atoms with Gasteiger partial charge in [0.15, 0.2) is 0 Å². The first kappa shape index (κ1) is 13.2. The molecule has 5 nitrogen and oxygen atoms in total. The minimum absolute atomic E-state index is 0.440. The summed E-state index contributed by atoms with van der Waals surface area (Å²) in [6.45, 7) is 0.738. The van der Waals surface area contributed by atoms with E-state index in [2.05, 4.69) is 17.1 Å². The molecular formula is C16H16N4O. The van der Waals surface area contributed by atoms with E-state index in [1.807, 2.05) is 28.8 Å². The number of rotatable bonds is 4. The molecule has 3 aromatic rings. The van der Waals surface area contributed by atoms with Gasteiger partial charge in [-0.05, 0) is 30.2 Å². The van der Waals surface area contributed by atoms with Crippen LogP contribution in [0.2, 0.25) is 0 Å². The second kappa shape index (κ2) is 5.28. The average Bonchev–Trinajstić information content (AvgIpc) is 2.80. The van der Waals surface area contributed by atoms with Crippen molar-refractivity contribution in [2.75, 3.05) is 5.73 Å². The Bertz CT molecular complexity index is 793. The number of hydrogen-bond donors (Lipinski definition) is 2. The summed E-state index contributed by atoms with van der Waals surface area (Å²) in [7, 11) is 0. The van der Waals surface area contributed by atoms with Crippen LogP contribution < -0.4 is 11.5 Å². The van der Waals surface area contributed by atoms with Crippen LogP contribution in [0.3, 0.4) is 0 Å².